The normalized spacial score (nSPS) is 33.9. The van der Waals surface area contributed by atoms with Crippen LogP contribution in [0.4, 0.5) is 0 Å². The van der Waals surface area contributed by atoms with Crippen molar-refractivity contribution in [3.63, 3.8) is 0 Å². The number of fused-ring (bicyclic) bond motifs is 3. The molecule has 2 bridgehead atoms. The van der Waals surface area contributed by atoms with Gasteiger partial charge in [-0.15, -0.1) is 0 Å². The van der Waals surface area contributed by atoms with E-state index in [1.807, 2.05) is 0 Å². The second kappa shape index (κ2) is 13.6. The van der Waals surface area contributed by atoms with Crippen LogP contribution in [-0.4, -0.2) is 55.2 Å². The molecule has 3 rings (SSSR count). The fraction of sp³-hybridized carbons (Fsp3) is 0.880. The van der Waals surface area contributed by atoms with E-state index in [-0.39, 0.29) is 12.2 Å². The zero-order valence-electron chi connectivity index (χ0n) is 18.5. The van der Waals surface area contributed by atoms with Crippen LogP contribution in [0.15, 0.2) is 12.2 Å². The standard InChI is InChI=1S/C25H43NO3/c27-24-20-26-18-11-10-14-22(26)21-28-19-12-8-6-4-2-1-3-5-7-9-15-23-16-13-17-25(24)29-23/h1,3,22-23,25H,2,4-21H2/b3-1-. The SMILES string of the molecule is O=C1CN2CCCCC2COCCCCCC/C=C\CCCCC2CCCC1O2. The molecule has 2 fully saturated rings. The second-order valence-corrected chi connectivity index (χ2v) is 9.30. The number of ketones is 1. The van der Waals surface area contributed by atoms with Gasteiger partial charge in [-0.25, -0.2) is 0 Å². The maximum absolute atomic E-state index is 13.0. The first kappa shape index (κ1) is 23.0. The molecule has 3 aliphatic heterocycles. The minimum atomic E-state index is -0.175. The van der Waals surface area contributed by atoms with Crippen LogP contribution in [0.2, 0.25) is 0 Å². The van der Waals surface area contributed by atoms with E-state index < -0.39 is 0 Å². The number of carbonyl (C=O) groups excluding carboxylic acids is 1. The molecule has 166 valence electrons. The molecule has 3 atom stereocenters. The number of Topliss-reactive ketones (excluding diaryl/α,β-unsaturated/α-hetero) is 1. The number of hydrogen-bond donors (Lipinski definition) is 0. The Morgan fingerprint density at radius 3 is 2.45 bits per heavy atom. The van der Waals surface area contributed by atoms with Crippen molar-refractivity contribution in [2.45, 2.75) is 115 Å². The number of hydrogen-bond acceptors (Lipinski definition) is 4. The van der Waals surface area contributed by atoms with Crippen LogP contribution >= 0.6 is 0 Å². The topological polar surface area (TPSA) is 38.8 Å². The Labute approximate surface area is 178 Å². The molecule has 0 amide bonds. The van der Waals surface area contributed by atoms with Gasteiger partial charge in [-0.3, -0.25) is 9.69 Å². The van der Waals surface area contributed by atoms with Gasteiger partial charge in [0.1, 0.15) is 6.10 Å². The molecular weight excluding hydrogens is 362 g/mol. The number of rotatable bonds is 0. The quantitative estimate of drug-likeness (QED) is 0.503. The van der Waals surface area contributed by atoms with Crippen LogP contribution in [0.5, 0.6) is 0 Å². The van der Waals surface area contributed by atoms with Crippen molar-refractivity contribution < 1.29 is 14.3 Å². The van der Waals surface area contributed by atoms with Gasteiger partial charge in [-0.2, -0.15) is 0 Å². The van der Waals surface area contributed by atoms with E-state index in [9.17, 15) is 4.79 Å². The maximum Gasteiger partial charge on any atom is 0.175 e. The number of nitrogens with zero attached hydrogens (tertiary/aromatic N) is 1. The highest BCUT2D eigenvalue weighted by Crippen LogP contribution is 2.25. The summed E-state index contributed by atoms with van der Waals surface area (Å²) >= 11 is 0. The van der Waals surface area contributed by atoms with Gasteiger partial charge in [0.15, 0.2) is 5.78 Å². The lowest BCUT2D eigenvalue weighted by atomic mass is 9.96. The summed E-state index contributed by atoms with van der Waals surface area (Å²) in [4.78, 5) is 15.4. The molecular formula is C25H43NO3. The average Bonchev–Trinajstić information content (AvgIpc) is 2.74. The molecule has 4 heteroatoms. The van der Waals surface area contributed by atoms with Crippen LogP contribution in [-0.2, 0) is 14.3 Å². The van der Waals surface area contributed by atoms with Gasteiger partial charge in [-0.1, -0.05) is 37.8 Å². The maximum atomic E-state index is 13.0. The summed E-state index contributed by atoms with van der Waals surface area (Å²) in [6.45, 7) is 3.23. The summed E-state index contributed by atoms with van der Waals surface area (Å²) in [5.74, 6) is 0.301. The van der Waals surface area contributed by atoms with Crippen molar-refractivity contribution >= 4 is 5.78 Å². The van der Waals surface area contributed by atoms with Gasteiger partial charge in [0.2, 0.25) is 0 Å². The fourth-order valence-electron chi connectivity index (χ4n) is 5.02. The number of ether oxygens (including phenoxy) is 2. The van der Waals surface area contributed by atoms with Gasteiger partial charge >= 0.3 is 0 Å². The molecule has 0 aromatic rings. The Bertz CT molecular complexity index is 492. The largest absolute Gasteiger partial charge is 0.380 e. The van der Waals surface area contributed by atoms with Crippen LogP contribution in [0, 0.1) is 0 Å². The molecule has 2 saturated heterocycles. The van der Waals surface area contributed by atoms with Gasteiger partial charge < -0.3 is 9.47 Å². The van der Waals surface area contributed by atoms with Gasteiger partial charge in [0.25, 0.3) is 0 Å². The Morgan fingerprint density at radius 1 is 0.793 bits per heavy atom. The Hall–Kier alpha value is -0.710. The van der Waals surface area contributed by atoms with Crippen LogP contribution < -0.4 is 0 Å². The van der Waals surface area contributed by atoms with Crippen molar-refractivity contribution in [2.24, 2.45) is 0 Å². The van der Waals surface area contributed by atoms with Crippen LogP contribution in [0.25, 0.3) is 0 Å². The molecule has 0 aromatic heterocycles. The minimum absolute atomic E-state index is 0.175. The van der Waals surface area contributed by atoms with Gasteiger partial charge in [-0.05, 0) is 77.2 Å². The lowest BCUT2D eigenvalue weighted by Crippen LogP contribution is -2.48. The molecule has 0 aromatic carbocycles. The molecule has 3 heterocycles. The predicted molar refractivity (Wildman–Crippen MR) is 118 cm³/mol. The van der Waals surface area contributed by atoms with E-state index in [1.54, 1.807) is 0 Å². The van der Waals surface area contributed by atoms with E-state index in [1.165, 1.54) is 57.8 Å². The van der Waals surface area contributed by atoms with E-state index in [0.717, 1.165) is 58.3 Å². The molecule has 4 nitrogen and oxygen atoms in total. The monoisotopic (exact) mass is 405 g/mol. The van der Waals surface area contributed by atoms with Crippen molar-refractivity contribution in [3.05, 3.63) is 12.2 Å². The Morgan fingerprint density at radius 2 is 1.55 bits per heavy atom. The lowest BCUT2D eigenvalue weighted by molar-refractivity contribution is -0.142. The fourth-order valence-corrected chi connectivity index (χ4v) is 5.02. The Kier molecular flexibility index (Phi) is 10.7. The number of carbonyl (C=O) groups is 1. The van der Waals surface area contributed by atoms with Crippen molar-refractivity contribution in [1.29, 1.82) is 0 Å². The number of allylic oxidation sites excluding steroid dienone is 2. The average molecular weight is 406 g/mol. The summed E-state index contributed by atoms with van der Waals surface area (Å²) in [5, 5.41) is 0. The van der Waals surface area contributed by atoms with Crippen LogP contribution in [0.1, 0.15) is 96.3 Å². The van der Waals surface area contributed by atoms with Crippen molar-refractivity contribution in [1.82, 2.24) is 4.90 Å². The third-order valence-electron chi connectivity index (χ3n) is 6.85. The molecule has 3 aliphatic rings. The summed E-state index contributed by atoms with van der Waals surface area (Å²) in [5.41, 5.74) is 0. The Balaban J connectivity index is 1.53. The molecule has 0 radical (unpaired) electrons. The third-order valence-corrected chi connectivity index (χ3v) is 6.85. The van der Waals surface area contributed by atoms with Gasteiger partial charge in [0, 0.05) is 12.6 Å². The van der Waals surface area contributed by atoms with E-state index in [0.29, 0.717) is 18.4 Å². The van der Waals surface area contributed by atoms with Crippen LogP contribution in [0.3, 0.4) is 0 Å². The highest BCUT2D eigenvalue weighted by molar-refractivity contribution is 5.85. The predicted octanol–water partition coefficient (Wildman–Crippen LogP) is 5.45. The molecule has 0 aliphatic carbocycles. The third kappa shape index (κ3) is 8.51. The molecule has 0 saturated carbocycles. The molecule has 0 N–H and O–H groups in total. The molecule has 29 heavy (non-hydrogen) atoms. The number of piperidine rings is 1. The summed E-state index contributed by atoms with van der Waals surface area (Å²) in [7, 11) is 0. The first-order chi connectivity index (χ1) is 14.3. The van der Waals surface area contributed by atoms with E-state index in [2.05, 4.69) is 17.1 Å². The second-order valence-electron chi connectivity index (χ2n) is 9.30. The highest BCUT2D eigenvalue weighted by Gasteiger charge is 2.31. The summed E-state index contributed by atoms with van der Waals surface area (Å²) in [6, 6.07) is 0.409. The van der Waals surface area contributed by atoms with Crippen molar-refractivity contribution in [2.75, 3.05) is 26.3 Å². The zero-order valence-corrected chi connectivity index (χ0v) is 18.5. The lowest BCUT2D eigenvalue weighted by Gasteiger charge is -2.37. The van der Waals surface area contributed by atoms with E-state index in [4.69, 9.17) is 9.47 Å². The smallest absolute Gasteiger partial charge is 0.175 e. The first-order valence-corrected chi connectivity index (χ1v) is 12.5. The van der Waals surface area contributed by atoms with Gasteiger partial charge in [0.05, 0.1) is 19.3 Å². The molecule has 3 unspecified atom stereocenters. The zero-order chi connectivity index (χ0) is 20.2. The summed E-state index contributed by atoms with van der Waals surface area (Å²) in [6.07, 6.45) is 22.6. The van der Waals surface area contributed by atoms with Crippen molar-refractivity contribution in [3.8, 4) is 0 Å². The molecule has 0 spiro atoms. The first-order valence-electron chi connectivity index (χ1n) is 12.5. The van der Waals surface area contributed by atoms with E-state index >= 15 is 0 Å². The summed E-state index contributed by atoms with van der Waals surface area (Å²) < 4.78 is 12.3. The minimum Gasteiger partial charge on any atom is -0.380 e. The highest BCUT2D eigenvalue weighted by atomic mass is 16.5.